The third-order valence-corrected chi connectivity index (χ3v) is 6.01. The zero-order valence-corrected chi connectivity index (χ0v) is 20.6. The fraction of sp³-hybridized carbons (Fsp3) is 0.517. The van der Waals surface area contributed by atoms with E-state index in [1.54, 1.807) is 0 Å². The SMILES string of the molecule is C=C(CN)N(Cc1cc(CCC)cc(CCC)c1)c1ccc(C(C)C)cc1CCCC. The number of rotatable bonds is 13. The van der Waals surface area contributed by atoms with Crippen molar-refractivity contribution in [2.24, 2.45) is 5.73 Å². The highest BCUT2D eigenvalue weighted by Crippen LogP contribution is 2.31. The minimum atomic E-state index is 0.468. The predicted octanol–water partition coefficient (Wildman–Crippen LogP) is 7.54. The van der Waals surface area contributed by atoms with Crippen LogP contribution in [0.5, 0.6) is 0 Å². The molecular weight excluding hydrogens is 376 g/mol. The Morgan fingerprint density at radius 1 is 0.871 bits per heavy atom. The topological polar surface area (TPSA) is 29.3 Å². The van der Waals surface area contributed by atoms with Gasteiger partial charge in [-0.3, -0.25) is 0 Å². The van der Waals surface area contributed by atoms with Gasteiger partial charge in [0, 0.05) is 24.5 Å². The Morgan fingerprint density at radius 2 is 1.48 bits per heavy atom. The van der Waals surface area contributed by atoms with E-state index in [4.69, 9.17) is 5.73 Å². The molecule has 170 valence electrons. The summed E-state index contributed by atoms with van der Waals surface area (Å²) in [5.41, 5.74) is 15.4. The summed E-state index contributed by atoms with van der Waals surface area (Å²) in [6.07, 6.45) is 8.10. The van der Waals surface area contributed by atoms with E-state index < -0.39 is 0 Å². The van der Waals surface area contributed by atoms with Gasteiger partial charge in [-0.1, -0.05) is 90.8 Å². The van der Waals surface area contributed by atoms with Crippen LogP contribution in [0, 0.1) is 0 Å². The van der Waals surface area contributed by atoms with E-state index in [0.29, 0.717) is 12.5 Å². The van der Waals surface area contributed by atoms with E-state index in [9.17, 15) is 0 Å². The van der Waals surface area contributed by atoms with Crippen molar-refractivity contribution < 1.29 is 0 Å². The summed E-state index contributed by atoms with van der Waals surface area (Å²) in [4.78, 5) is 2.36. The van der Waals surface area contributed by atoms with Crippen LogP contribution in [0.4, 0.5) is 5.69 Å². The van der Waals surface area contributed by atoms with Crippen molar-refractivity contribution in [3.05, 3.63) is 76.5 Å². The lowest BCUT2D eigenvalue weighted by atomic mass is 9.95. The predicted molar refractivity (Wildman–Crippen MR) is 138 cm³/mol. The molecule has 0 bridgehead atoms. The van der Waals surface area contributed by atoms with Crippen molar-refractivity contribution in [2.75, 3.05) is 11.4 Å². The number of hydrogen-bond acceptors (Lipinski definition) is 2. The third-order valence-electron chi connectivity index (χ3n) is 6.01. The normalized spacial score (nSPS) is 11.2. The second-order valence-electron chi connectivity index (χ2n) is 9.16. The first-order valence-corrected chi connectivity index (χ1v) is 12.3. The zero-order chi connectivity index (χ0) is 22.8. The molecule has 2 aromatic rings. The van der Waals surface area contributed by atoms with E-state index in [2.05, 4.69) is 82.5 Å². The highest BCUT2D eigenvalue weighted by Gasteiger charge is 2.16. The van der Waals surface area contributed by atoms with Gasteiger partial charge in [0.25, 0.3) is 0 Å². The molecule has 2 nitrogen and oxygen atoms in total. The zero-order valence-electron chi connectivity index (χ0n) is 20.6. The quantitative estimate of drug-likeness (QED) is 0.363. The van der Waals surface area contributed by atoms with Crippen LogP contribution in [-0.4, -0.2) is 6.54 Å². The van der Waals surface area contributed by atoms with Gasteiger partial charge in [-0.25, -0.2) is 0 Å². The second-order valence-corrected chi connectivity index (χ2v) is 9.16. The molecule has 0 radical (unpaired) electrons. The first kappa shape index (κ1) is 25.2. The number of nitrogens with zero attached hydrogens (tertiary/aromatic N) is 1. The Kier molecular flexibility index (Phi) is 10.3. The van der Waals surface area contributed by atoms with Gasteiger partial charge in [-0.2, -0.15) is 0 Å². The average molecular weight is 421 g/mol. The van der Waals surface area contributed by atoms with Crippen LogP contribution in [0.3, 0.4) is 0 Å². The first-order chi connectivity index (χ1) is 14.9. The van der Waals surface area contributed by atoms with Gasteiger partial charge < -0.3 is 10.6 Å². The summed E-state index contributed by atoms with van der Waals surface area (Å²) in [5.74, 6) is 0.530. The maximum Gasteiger partial charge on any atom is 0.0479 e. The number of nitrogens with two attached hydrogens (primary N) is 1. The minimum Gasteiger partial charge on any atom is -0.340 e. The molecule has 0 atom stereocenters. The summed E-state index contributed by atoms with van der Waals surface area (Å²) < 4.78 is 0. The number of benzene rings is 2. The van der Waals surface area contributed by atoms with E-state index in [1.165, 1.54) is 59.2 Å². The van der Waals surface area contributed by atoms with Gasteiger partial charge in [-0.15, -0.1) is 0 Å². The molecule has 2 heteroatoms. The molecule has 0 amide bonds. The lowest BCUT2D eigenvalue weighted by molar-refractivity contribution is 0.779. The third kappa shape index (κ3) is 7.25. The molecule has 0 aromatic heterocycles. The van der Waals surface area contributed by atoms with Crippen molar-refractivity contribution >= 4 is 5.69 Å². The Labute approximate surface area is 191 Å². The molecule has 0 fully saturated rings. The van der Waals surface area contributed by atoms with Crippen molar-refractivity contribution in [3.8, 4) is 0 Å². The van der Waals surface area contributed by atoms with Crippen LogP contribution in [0.25, 0.3) is 0 Å². The number of hydrogen-bond donors (Lipinski definition) is 1. The van der Waals surface area contributed by atoms with E-state index >= 15 is 0 Å². The average Bonchev–Trinajstić information content (AvgIpc) is 2.75. The van der Waals surface area contributed by atoms with Crippen LogP contribution in [0.2, 0.25) is 0 Å². The molecule has 0 aliphatic rings. The van der Waals surface area contributed by atoms with Crippen molar-refractivity contribution in [2.45, 2.75) is 92.0 Å². The summed E-state index contributed by atoms with van der Waals surface area (Å²) in [7, 11) is 0. The highest BCUT2D eigenvalue weighted by atomic mass is 15.1. The molecule has 2 rings (SSSR count). The maximum absolute atomic E-state index is 6.11. The molecule has 31 heavy (non-hydrogen) atoms. The molecule has 0 spiro atoms. The summed E-state index contributed by atoms with van der Waals surface area (Å²) >= 11 is 0. The van der Waals surface area contributed by atoms with Crippen molar-refractivity contribution in [1.82, 2.24) is 0 Å². The molecule has 0 saturated heterocycles. The Hall–Kier alpha value is -2.06. The van der Waals surface area contributed by atoms with Crippen molar-refractivity contribution in [1.29, 1.82) is 0 Å². The fourth-order valence-corrected chi connectivity index (χ4v) is 4.25. The Balaban J connectivity index is 2.48. The van der Waals surface area contributed by atoms with Crippen LogP contribution < -0.4 is 10.6 Å². The number of unbranched alkanes of at least 4 members (excludes halogenated alkanes) is 1. The van der Waals surface area contributed by atoms with Gasteiger partial charge in [0.2, 0.25) is 0 Å². The molecule has 0 aliphatic heterocycles. The van der Waals surface area contributed by atoms with E-state index in [1.807, 2.05) is 0 Å². The molecular formula is C29H44N2. The summed E-state index contributed by atoms with van der Waals surface area (Å²) in [5, 5.41) is 0. The van der Waals surface area contributed by atoms with Crippen LogP contribution in [-0.2, 0) is 25.8 Å². The monoisotopic (exact) mass is 420 g/mol. The fourth-order valence-electron chi connectivity index (χ4n) is 4.25. The molecule has 2 aromatic carbocycles. The van der Waals surface area contributed by atoms with Gasteiger partial charge in [0.15, 0.2) is 0 Å². The number of anilines is 1. The lowest BCUT2D eigenvalue weighted by Gasteiger charge is -2.30. The summed E-state index contributed by atoms with van der Waals surface area (Å²) in [6.45, 7) is 16.9. The van der Waals surface area contributed by atoms with Crippen LogP contribution in [0.1, 0.15) is 94.0 Å². The first-order valence-electron chi connectivity index (χ1n) is 12.3. The number of aryl methyl sites for hydroxylation is 3. The molecule has 0 aliphatic carbocycles. The van der Waals surface area contributed by atoms with Gasteiger partial charge in [0.05, 0.1) is 0 Å². The molecule has 0 saturated carbocycles. The standard InChI is InChI=1S/C29H44N2/c1-7-10-13-28-19-27(22(4)5)14-15-29(28)31(23(6)20-30)21-26-17-24(11-8-2)16-25(18-26)12-9-3/h14-19,22H,6-13,20-21,30H2,1-5H3. The Morgan fingerprint density at radius 3 is 2.00 bits per heavy atom. The smallest absolute Gasteiger partial charge is 0.0479 e. The van der Waals surface area contributed by atoms with E-state index in [0.717, 1.165) is 31.5 Å². The lowest BCUT2D eigenvalue weighted by Crippen LogP contribution is -2.27. The minimum absolute atomic E-state index is 0.468. The second kappa shape index (κ2) is 12.7. The van der Waals surface area contributed by atoms with Gasteiger partial charge in [0.1, 0.15) is 0 Å². The largest absolute Gasteiger partial charge is 0.340 e. The molecule has 2 N–H and O–H groups in total. The van der Waals surface area contributed by atoms with Gasteiger partial charge >= 0.3 is 0 Å². The van der Waals surface area contributed by atoms with Crippen molar-refractivity contribution in [3.63, 3.8) is 0 Å². The van der Waals surface area contributed by atoms with E-state index in [-0.39, 0.29) is 0 Å². The maximum atomic E-state index is 6.11. The van der Waals surface area contributed by atoms with Crippen LogP contribution >= 0.6 is 0 Å². The highest BCUT2D eigenvalue weighted by molar-refractivity contribution is 5.60. The van der Waals surface area contributed by atoms with Crippen LogP contribution in [0.15, 0.2) is 48.7 Å². The molecule has 0 unspecified atom stereocenters. The Bertz CT molecular complexity index is 810. The molecule has 0 heterocycles. The van der Waals surface area contributed by atoms with Gasteiger partial charge in [-0.05, 0) is 65.5 Å². The summed E-state index contributed by atoms with van der Waals surface area (Å²) in [6, 6.07) is 14.1.